The Hall–Kier alpha value is -0.660. The van der Waals surface area contributed by atoms with Gasteiger partial charge in [-0.1, -0.05) is 24.6 Å². The zero-order valence-corrected chi connectivity index (χ0v) is 16.9. The van der Waals surface area contributed by atoms with E-state index in [4.69, 9.17) is 16.7 Å². The Balaban J connectivity index is 0.000000970. The van der Waals surface area contributed by atoms with Crippen molar-refractivity contribution in [3.05, 3.63) is 29.8 Å². The summed E-state index contributed by atoms with van der Waals surface area (Å²) in [6.07, 6.45) is 3.78. The second-order valence-corrected chi connectivity index (χ2v) is 8.42. The maximum Gasteiger partial charge on any atom is 0.243 e. The molecule has 144 valence electrons. The minimum Gasteiger partial charge on any atom is -0.397 e. The third-order valence-corrected chi connectivity index (χ3v) is 6.40. The molecule has 0 aromatic heterocycles. The molecule has 0 atom stereocenters. The predicted molar refractivity (Wildman–Crippen MR) is 104 cm³/mol. The normalized spacial score (nSPS) is 16.3. The van der Waals surface area contributed by atoms with Crippen LogP contribution in [-0.2, 0) is 16.4 Å². The van der Waals surface area contributed by atoms with Gasteiger partial charge in [0.15, 0.2) is 0 Å². The number of rotatable bonds is 7. The summed E-state index contributed by atoms with van der Waals surface area (Å²) in [5, 5.41) is 7.57. The predicted octanol–water partition coefficient (Wildman–Crippen LogP) is 2.57. The van der Waals surface area contributed by atoms with Crippen molar-refractivity contribution in [2.45, 2.75) is 37.5 Å². The highest BCUT2D eigenvalue weighted by molar-refractivity contribution is 7.89. The van der Waals surface area contributed by atoms with Crippen LogP contribution in [0, 0.1) is 0 Å². The SMILES string of the molecule is CCO.CN1CCN(S(=O)(=O)c2ccccc2CCCCCCl)CC1. The first-order chi connectivity index (χ1) is 12.0. The lowest BCUT2D eigenvalue weighted by molar-refractivity contribution is 0.222. The van der Waals surface area contributed by atoms with Crippen molar-refractivity contribution in [1.82, 2.24) is 9.21 Å². The molecular formula is C18H31ClN2O3S. The number of piperazine rings is 1. The fraction of sp³-hybridized carbons (Fsp3) is 0.667. The summed E-state index contributed by atoms with van der Waals surface area (Å²) in [7, 11) is -1.36. The van der Waals surface area contributed by atoms with Crippen molar-refractivity contribution in [1.29, 1.82) is 0 Å². The van der Waals surface area contributed by atoms with Gasteiger partial charge >= 0.3 is 0 Å². The number of unbranched alkanes of at least 4 members (excludes halogenated alkanes) is 2. The summed E-state index contributed by atoms with van der Waals surface area (Å²) in [5.41, 5.74) is 0.927. The Morgan fingerprint density at radius 2 is 1.68 bits per heavy atom. The average molecular weight is 391 g/mol. The van der Waals surface area contributed by atoms with E-state index in [2.05, 4.69) is 4.90 Å². The molecule has 1 aliphatic rings. The first-order valence-corrected chi connectivity index (χ1v) is 10.9. The van der Waals surface area contributed by atoms with E-state index in [1.54, 1.807) is 17.3 Å². The molecule has 0 aliphatic carbocycles. The summed E-state index contributed by atoms with van der Waals surface area (Å²) < 4.78 is 27.4. The number of sulfonamides is 1. The molecular weight excluding hydrogens is 360 g/mol. The van der Waals surface area contributed by atoms with Crippen LogP contribution in [-0.4, -0.2) is 68.4 Å². The number of aryl methyl sites for hydroxylation is 1. The number of aliphatic hydroxyl groups is 1. The average Bonchev–Trinajstić information content (AvgIpc) is 2.60. The highest BCUT2D eigenvalue weighted by Gasteiger charge is 2.28. The molecule has 7 heteroatoms. The Kier molecular flexibility index (Phi) is 10.6. The van der Waals surface area contributed by atoms with Crippen LogP contribution in [0.1, 0.15) is 31.7 Å². The largest absolute Gasteiger partial charge is 0.397 e. The van der Waals surface area contributed by atoms with E-state index in [0.29, 0.717) is 23.9 Å². The Morgan fingerprint density at radius 1 is 1.08 bits per heavy atom. The second kappa shape index (κ2) is 11.9. The van der Waals surface area contributed by atoms with Gasteiger partial charge in [0.1, 0.15) is 0 Å². The molecule has 1 saturated heterocycles. The Labute approximate surface area is 157 Å². The maximum absolute atomic E-state index is 12.9. The van der Waals surface area contributed by atoms with Gasteiger partial charge in [-0.3, -0.25) is 0 Å². The van der Waals surface area contributed by atoms with Crippen LogP contribution in [0.5, 0.6) is 0 Å². The number of benzene rings is 1. The van der Waals surface area contributed by atoms with Gasteiger partial charge in [0, 0.05) is 38.7 Å². The van der Waals surface area contributed by atoms with E-state index >= 15 is 0 Å². The van der Waals surface area contributed by atoms with Crippen LogP contribution < -0.4 is 0 Å². The summed E-state index contributed by atoms with van der Waals surface area (Å²) in [4.78, 5) is 2.63. The second-order valence-electron chi connectivity index (χ2n) is 6.13. The summed E-state index contributed by atoms with van der Waals surface area (Å²) >= 11 is 5.69. The number of aliphatic hydroxyl groups excluding tert-OH is 1. The van der Waals surface area contributed by atoms with Crippen molar-refractivity contribution in [2.24, 2.45) is 0 Å². The third-order valence-electron chi connectivity index (χ3n) is 4.13. The number of halogens is 1. The molecule has 0 saturated carbocycles. The molecule has 0 spiro atoms. The van der Waals surface area contributed by atoms with E-state index in [9.17, 15) is 8.42 Å². The van der Waals surface area contributed by atoms with E-state index in [-0.39, 0.29) is 6.61 Å². The van der Waals surface area contributed by atoms with Crippen LogP contribution in [0.25, 0.3) is 0 Å². The van der Waals surface area contributed by atoms with Gasteiger partial charge in [0.2, 0.25) is 10.0 Å². The Bertz CT molecular complexity index is 588. The smallest absolute Gasteiger partial charge is 0.243 e. The van der Waals surface area contributed by atoms with Crippen molar-refractivity contribution in [2.75, 3.05) is 45.7 Å². The molecule has 0 bridgehead atoms. The molecule has 0 radical (unpaired) electrons. The number of hydrogen-bond acceptors (Lipinski definition) is 4. The number of hydrogen-bond donors (Lipinski definition) is 1. The minimum atomic E-state index is -3.38. The fourth-order valence-corrected chi connectivity index (χ4v) is 4.58. The van der Waals surface area contributed by atoms with Crippen LogP contribution in [0.15, 0.2) is 29.2 Å². The Morgan fingerprint density at radius 3 is 2.28 bits per heavy atom. The van der Waals surface area contributed by atoms with Gasteiger partial charge in [-0.05, 0) is 44.9 Å². The maximum atomic E-state index is 12.9. The van der Waals surface area contributed by atoms with Gasteiger partial charge in [-0.15, -0.1) is 11.6 Å². The van der Waals surface area contributed by atoms with Crippen LogP contribution in [0.3, 0.4) is 0 Å². The molecule has 1 aromatic rings. The number of nitrogens with zero attached hydrogens (tertiary/aromatic N) is 2. The van der Waals surface area contributed by atoms with E-state index in [0.717, 1.165) is 44.3 Å². The third kappa shape index (κ3) is 7.23. The van der Waals surface area contributed by atoms with Crippen molar-refractivity contribution < 1.29 is 13.5 Å². The fourth-order valence-electron chi connectivity index (χ4n) is 2.72. The number of likely N-dealkylation sites (N-methyl/N-ethyl adjacent to an activating group) is 1. The van der Waals surface area contributed by atoms with Gasteiger partial charge in [-0.2, -0.15) is 4.31 Å². The summed E-state index contributed by atoms with van der Waals surface area (Å²) in [6, 6.07) is 7.40. The van der Waals surface area contributed by atoms with E-state index in [1.807, 2.05) is 25.2 Å². The van der Waals surface area contributed by atoms with Gasteiger partial charge in [0.25, 0.3) is 0 Å². The van der Waals surface area contributed by atoms with Crippen molar-refractivity contribution in [3.8, 4) is 0 Å². The van der Waals surface area contributed by atoms with E-state index in [1.165, 1.54) is 0 Å². The van der Waals surface area contributed by atoms with E-state index < -0.39 is 10.0 Å². The quantitative estimate of drug-likeness (QED) is 0.574. The van der Waals surface area contributed by atoms with Crippen LogP contribution >= 0.6 is 11.6 Å². The molecule has 0 amide bonds. The lowest BCUT2D eigenvalue weighted by atomic mass is 10.1. The number of alkyl halides is 1. The minimum absolute atomic E-state index is 0.250. The molecule has 1 aliphatic heterocycles. The summed E-state index contributed by atoms with van der Waals surface area (Å²) in [6.45, 7) is 4.65. The monoisotopic (exact) mass is 390 g/mol. The highest BCUT2D eigenvalue weighted by Crippen LogP contribution is 2.23. The molecule has 2 rings (SSSR count). The first kappa shape index (κ1) is 22.4. The molecule has 1 heterocycles. The molecule has 25 heavy (non-hydrogen) atoms. The molecule has 1 N–H and O–H groups in total. The zero-order chi connectivity index (χ0) is 18.7. The first-order valence-electron chi connectivity index (χ1n) is 8.90. The lowest BCUT2D eigenvalue weighted by Crippen LogP contribution is -2.47. The zero-order valence-electron chi connectivity index (χ0n) is 15.3. The van der Waals surface area contributed by atoms with Crippen LogP contribution in [0.2, 0.25) is 0 Å². The van der Waals surface area contributed by atoms with Crippen molar-refractivity contribution >= 4 is 21.6 Å². The lowest BCUT2D eigenvalue weighted by Gasteiger charge is -2.32. The molecule has 5 nitrogen and oxygen atoms in total. The molecule has 1 aromatic carbocycles. The topological polar surface area (TPSA) is 60.9 Å². The summed E-state index contributed by atoms with van der Waals surface area (Å²) in [5.74, 6) is 0.668. The molecule has 0 unspecified atom stereocenters. The van der Waals surface area contributed by atoms with Crippen LogP contribution in [0.4, 0.5) is 0 Å². The van der Waals surface area contributed by atoms with Gasteiger partial charge in [-0.25, -0.2) is 8.42 Å². The van der Waals surface area contributed by atoms with Gasteiger partial charge in [0.05, 0.1) is 4.90 Å². The van der Waals surface area contributed by atoms with Crippen molar-refractivity contribution in [3.63, 3.8) is 0 Å². The standard InChI is InChI=1S/C16H25ClN2O2S.C2H6O/c1-18-11-13-19(14-12-18)22(20,21)16-9-5-4-8-15(16)7-3-2-6-10-17;1-2-3/h4-5,8-9H,2-3,6-7,10-14H2,1H3;3H,2H2,1H3. The molecule has 1 fully saturated rings. The highest BCUT2D eigenvalue weighted by atomic mass is 35.5. The van der Waals surface area contributed by atoms with Gasteiger partial charge < -0.3 is 10.0 Å².